The van der Waals surface area contributed by atoms with Crippen LogP contribution in [-0.2, 0) is 16.6 Å². The lowest BCUT2D eigenvalue weighted by Gasteiger charge is -2.34. The van der Waals surface area contributed by atoms with Crippen molar-refractivity contribution in [3.63, 3.8) is 0 Å². The van der Waals surface area contributed by atoms with Crippen molar-refractivity contribution in [3.05, 3.63) is 49.2 Å². The molecule has 228 valence electrons. The number of aliphatic hydroxyl groups is 1. The Morgan fingerprint density at radius 3 is 2.58 bits per heavy atom. The smallest absolute Gasteiger partial charge is 0.390 e. The molecule has 12 nitrogen and oxygen atoms in total. The Hall–Kier alpha value is -4.05. The van der Waals surface area contributed by atoms with Gasteiger partial charge in [-0.2, -0.15) is 27.5 Å². The van der Waals surface area contributed by atoms with Crippen LogP contribution < -0.4 is 10.6 Å². The molecule has 0 spiro atoms. The fourth-order valence-electron chi connectivity index (χ4n) is 5.00. The minimum atomic E-state index is -4.41. The highest BCUT2D eigenvalue weighted by molar-refractivity contribution is 7.90. The molecule has 0 aromatic carbocycles. The van der Waals surface area contributed by atoms with Gasteiger partial charge in [0.2, 0.25) is 0 Å². The number of hydrogen-bond donors (Lipinski definition) is 3. The molecule has 16 heteroatoms. The van der Waals surface area contributed by atoms with Crippen LogP contribution in [-0.4, -0.2) is 70.5 Å². The Morgan fingerprint density at radius 2 is 1.86 bits per heavy atom. The van der Waals surface area contributed by atoms with Gasteiger partial charge in [-0.05, 0) is 57.6 Å². The third kappa shape index (κ3) is 6.80. The summed E-state index contributed by atoms with van der Waals surface area (Å²) in [5.41, 5.74) is 1.17. The number of rotatable bonds is 9. The number of halogens is 3. The van der Waals surface area contributed by atoms with Gasteiger partial charge in [0.1, 0.15) is 18.2 Å². The molecule has 4 heterocycles. The first-order chi connectivity index (χ1) is 20.3. The molecule has 2 fully saturated rings. The third-order valence-corrected chi connectivity index (χ3v) is 9.56. The van der Waals surface area contributed by atoms with Gasteiger partial charge in [-0.15, -0.1) is 0 Å². The minimum Gasteiger partial charge on any atom is -0.390 e. The highest BCUT2D eigenvalue weighted by atomic mass is 32.2. The van der Waals surface area contributed by atoms with Gasteiger partial charge in [-0.3, -0.25) is 4.68 Å². The molecule has 0 atom stereocenters. The van der Waals surface area contributed by atoms with Crippen LogP contribution in [0.25, 0.3) is 22.6 Å². The maximum absolute atomic E-state index is 12.9. The van der Waals surface area contributed by atoms with Crippen molar-refractivity contribution >= 4 is 27.3 Å². The second kappa shape index (κ2) is 10.9. The minimum absolute atomic E-state index is 0.0283. The van der Waals surface area contributed by atoms with Crippen molar-refractivity contribution in [2.45, 2.75) is 75.1 Å². The Morgan fingerprint density at radius 1 is 1.09 bits per heavy atom. The second-order valence-corrected chi connectivity index (χ2v) is 13.4. The molecule has 0 unspecified atom stereocenters. The number of hydrogen-bond acceptors (Lipinski definition) is 10. The van der Waals surface area contributed by atoms with Crippen molar-refractivity contribution in [3.8, 4) is 22.6 Å². The molecule has 0 aliphatic heterocycles. The summed E-state index contributed by atoms with van der Waals surface area (Å²) in [5.74, 6) is 1.05. The van der Waals surface area contributed by atoms with Gasteiger partial charge in [0.25, 0.3) is 10.0 Å². The van der Waals surface area contributed by atoms with E-state index in [2.05, 4.69) is 35.8 Å². The summed E-state index contributed by atoms with van der Waals surface area (Å²) < 4.78 is 65.6. The second-order valence-electron chi connectivity index (χ2n) is 11.3. The Balaban J connectivity index is 1.26. The number of pyridine rings is 1. The van der Waals surface area contributed by atoms with Crippen LogP contribution in [0.15, 0.2) is 49.2 Å². The van der Waals surface area contributed by atoms with Crippen LogP contribution in [0.4, 0.5) is 30.5 Å². The zero-order chi connectivity index (χ0) is 30.4. The molecule has 2 saturated carbocycles. The van der Waals surface area contributed by atoms with Crippen LogP contribution in [0, 0.1) is 0 Å². The molecule has 2 aliphatic carbocycles. The average molecular weight is 618 g/mol. The van der Waals surface area contributed by atoms with E-state index >= 15 is 0 Å². The predicted octanol–water partition coefficient (Wildman–Crippen LogP) is 4.35. The Bertz CT molecular complexity index is 1720. The predicted molar refractivity (Wildman–Crippen MR) is 152 cm³/mol. The summed E-state index contributed by atoms with van der Waals surface area (Å²) in [5, 5.41) is 24.7. The standard InChI is InChI=1S/C27H30F3N9O3S/c1-26(40)8-4-18(5-9-26)34-22-12-24(32-14-20(22)21-7-11-38(37-21)16-27(28,29)30)35-23-6-10-31-25(36-23)17-13-33-39(15-17)43(41,42)19-2-3-19/h6-7,10-15,18-19,40H,2-5,8-9,16H2,1H3,(H2,31,32,34,35,36). The van der Waals surface area contributed by atoms with Crippen molar-refractivity contribution in [2.75, 3.05) is 10.6 Å². The van der Waals surface area contributed by atoms with Gasteiger partial charge in [-0.1, -0.05) is 0 Å². The number of nitrogens with one attached hydrogen (secondary N) is 2. The highest BCUT2D eigenvalue weighted by Gasteiger charge is 2.38. The Kier molecular flexibility index (Phi) is 7.36. The van der Waals surface area contributed by atoms with Gasteiger partial charge < -0.3 is 15.7 Å². The van der Waals surface area contributed by atoms with E-state index in [1.54, 1.807) is 12.1 Å². The lowest BCUT2D eigenvalue weighted by molar-refractivity contribution is -0.142. The third-order valence-electron chi connectivity index (χ3n) is 7.52. The van der Waals surface area contributed by atoms with Crippen LogP contribution in [0.2, 0.25) is 0 Å². The molecule has 0 amide bonds. The molecule has 6 rings (SSSR count). The first kappa shape index (κ1) is 29.0. The van der Waals surface area contributed by atoms with Gasteiger partial charge >= 0.3 is 6.18 Å². The molecule has 43 heavy (non-hydrogen) atoms. The Labute approximate surface area is 245 Å². The number of aromatic nitrogens is 7. The zero-order valence-corrected chi connectivity index (χ0v) is 24.0. The van der Waals surface area contributed by atoms with Crippen molar-refractivity contribution in [1.82, 2.24) is 33.9 Å². The zero-order valence-electron chi connectivity index (χ0n) is 23.2. The summed E-state index contributed by atoms with van der Waals surface area (Å²) >= 11 is 0. The van der Waals surface area contributed by atoms with E-state index in [1.807, 2.05) is 6.92 Å². The average Bonchev–Trinajstić information content (AvgIpc) is 3.52. The van der Waals surface area contributed by atoms with E-state index in [0.29, 0.717) is 72.7 Å². The molecular formula is C27H30F3N9O3S. The van der Waals surface area contributed by atoms with Crippen molar-refractivity contribution in [2.24, 2.45) is 0 Å². The fourth-order valence-corrected chi connectivity index (χ4v) is 6.48. The highest BCUT2D eigenvalue weighted by Crippen LogP contribution is 2.35. The van der Waals surface area contributed by atoms with Gasteiger partial charge in [0, 0.05) is 41.9 Å². The van der Waals surface area contributed by atoms with E-state index in [9.17, 15) is 26.7 Å². The topological polar surface area (TPSA) is 153 Å². The van der Waals surface area contributed by atoms with Gasteiger partial charge in [-0.25, -0.2) is 23.4 Å². The van der Waals surface area contributed by atoms with E-state index in [0.717, 1.165) is 8.77 Å². The molecule has 4 aromatic heterocycles. The first-order valence-corrected chi connectivity index (χ1v) is 15.3. The first-order valence-electron chi connectivity index (χ1n) is 13.8. The van der Waals surface area contributed by atoms with Crippen molar-refractivity contribution < 1.29 is 26.7 Å². The summed E-state index contributed by atoms with van der Waals surface area (Å²) in [7, 11) is -3.53. The maximum atomic E-state index is 12.9. The summed E-state index contributed by atoms with van der Waals surface area (Å²) in [4.78, 5) is 13.2. The SMILES string of the molecule is CC1(O)CCC(Nc2cc(Nc3ccnc(-c4cnn(S(=O)(=O)C5CC5)c4)n3)ncc2-c2ccn(CC(F)(F)F)n2)CC1. The van der Waals surface area contributed by atoms with E-state index in [1.165, 1.54) is 37.1 Å². The fraction of sp³-hybridized carbons (Fsp3) is 0.444. The summed E-state index contributed by atoms with van der Waals surface area (Å²) in [6.45, 7) is 0.603. The van der Waals surface area contributed by atoms with Crippen LogP contribution in [0.1, 0.15) is 45.4 Å². The number of alkyl halides is 3. The number of nitrogens with zero attached hydrogens (tertiary/aromatic N) is 7. The maximum Gasteiger partial charge on any atom is 0.408 e. The van der Waals surface area contributed by atoms with Crippen LogP contribution in [0.3, 0.4) is 0 Å². The summed E-state index contributed by atoms with van der Waals surface area (Å²) in [6.07, 6.45) is 6.57. The monoisotopic (exact) mass is 617 g/mol. The van der Waals surface area contributed by atoms with E-state index in [-0.39, 0.29) is 11.9 Å². The largest absolute Gasteiger partial charge is 0.408 e. The molecule has 0 saturated heterocycles. The van der Waals surface area contributed by atoms with Crippen molar-refractivity contribution in [1.29, 1.82) is 0 Å². The number of anilines is 3. The van der Waals surface area contributed by atoms with Crippen LogP contribution >= 0.6 is 0 Å². The molecular weight excluding hydrogens is 587 g/mol. The lowest BCUT2D eigenvalue weighted by atomic mass is 9.83. The molecule has 2 aliphatic rings. The van der Waals surface area contributed by atoms with Crippen LogP contribution in [0.5, 0.6) is 0 Å². The molecule has 0 radical (unpaired) electrons. The summed E-state index contributed by atoms with van der Waals surface area (Å²) in [6, 6.07) is 4.89. The van der Waals surface area contributed by atoms with E-state index in [4.69, 9.17) is 0 Å². The van der Waals surface area contributed by atoms with Gasteiger partial charge in [0.15, 0.2) is 5.82 Å². The quantitative estimate of drug-likeness (QED) is 0.247. The molecule has 4 aromatic rings. The van der Waals surface area contributed by atoms with Gasteiger partial charge in [0.05, 0.1) is 34.5 Å². The normalized spacial score (nSPS) is 21.1. The molecule has 3 N–H and O–H groups in total. The van der Waals surface area contributed by atoms with E-state index < -0.39 is 33.6 Å². The molecule has 0 bridgehead atoms. The lowest BCUT2D eigenvalue weighted by Crippen LogP contribution is -2.35.